The second-order valence-corrected chi connectivity index (χ2v) is 4.11. The minimum Gasteiger partial charge on any atom is -0.466 e. The molecule has 3 nitrogen and oxygen atoms in total. The molecule has 0 aliphatic rings. The zero-order chi connectivity index (χ0) is 12.7. The van der Waals surface area contributed by atoms with Crippen molar-refractivity contribution in [3.05, 3.63) is 29.8 Å². The number of rotatable bonds is 6. The van der Waals surface area contributed by atoms with Crippen LogP contribution in [0.2, 0.25) is 0 Å². The number of esters is 1. The molecule has 0 N–H and O–H groups in total. The first-order valence-corrected chi connectivity index (χ1v) is 6.08. The Labute approximate surface area is 103 Å². The molecule has 0 saturated heterocycles. The van der Waals surface area contributed by atoms with Gasteiger partial charge in [-0.05, 0) is 38.0 Å². The molecule has 0 aliphatic heterocycles. The molecule has 0 saturated carbocycles. The minimum absolute atomic E-state index is 0.205. The first-order valence-electron chi connectivity index (χ1n) is 6.08. The molecule has 0 unspecified atom stereocenters. The van der Waals surface area contributed by atoms with Gasteiger partial charge in [0.2, 0.25) is 0 Å². The molecule has 0 atom stereocenters. The molecule has 1 aromatic rings. The lowest BCUT2D eigenvalue weighted by Crippen LogP contribution is -2.25. The van der Waals surface area contributed by atoms with Crippen LogP contribution in [0.15, 0.2) is 24.3 Å². The Kier molecular flexibility index (Phi) is 5.53. The topological polar surface area (TPSA) is 29.5 Å². The summed E-state index contributed by atoms with van der Waals surface area (Å²) in [4.78, 5) is 12.9. The van der Waals surface area contributed by atoms with Crippen LogP contribution in [0.5, 0.6) is 0 Å². The molecule has 0 heterocycles. The molecule has 3 heteroatoms. The van der Waals surface area contributed by atoms with E-state index in [2.05, 4.69) is 43.0 Å². The van der Waals surface area contributed by atoms with Crippen LogP contribution in [0.1, 0.15) is 25.8 Å². The minimum atomic E-state index is -0.205. The fourth-order valence-electron chi connectivity index (χ4n) is 1.77. The van der Waals surface area contributed by atoms with E-state index in [1.165, 1.54) is 18.2 Å². The molecule has 0 spiro atoms. The van der Waals surface area contributed by atoms with Gasteiger partial charge in [0.1, 0.15) is 0 Å². The summed E-state index contributed by atoms with van der Waals surface area (Å²) in [6.45, 7) is 8.04. The second kappa shape index (κ2) is 6.94. The molecule has 1 aromatic carbocycles. The smallest absolute Gasteiger partial charge is 0.302 e. The van der Waals surface area contributed by atoms with Crippen molar-refractivity contribution in [2.45, 2.75) is 27.2 Å². The van der Waals surface area contributed by atoms with Gasteiger partial charge in [0, 0.05) is 25.7 Å². The first kappa shape index (κ1) is 13.6. The highest BCUT2D eigenvalue weighted by Gasteiger charge is 2.04. The lowest BCUT2D eigenvalue weighted by molar-refractivity contribution is -0.140. The van der Waals surface area contributed by atoms with E-state index in [4.69, 9.17) is 4.74 Å². The molecule has 94 valence electrons. The lowest BCUT2D eigenvalue weighted by atomic mass is 10.2. The van der Waals surface area contributed by atoms with Crippen molar-refractivity contribution < 1.29 is 9.53 Å². The van der Waals surface area contributed by atoms with Gasteiger partial charge in [-0.25, -0.2) is 0 Å². The predicted octanol–water partition coefficient (Wildman–Crippen LogP) is 2.77. The summed E-state index contributed by atoms with van der Waals surface area (Å²) in [6.07, 6.45) is 0.862. The third-order valence-electron chi connectivity index (χ3n) is 2.63. The van der Waals surface area contributed by atoms with E-state index >= 15 is 0 Å². The number of ether oxygens (including phenoxy) is 1. The molecule has 17 heavy (non-hydrogen) atoms. The first-order chi connectivity index (χ1) is 8.13. The van der Waals surface area contributed by atoms with Crippen molar-refractivity contribution in [2.75, 3.05) is 24.6 Å². The van der Waals surface area contributed by atoms with Crippen LogP contribution >= 0.6 is 0 Å². The second-order valence-electron chi connectivity index (χ2n) is 4.11. The summed E-state index contributed by atoms with van der Waals surface area (Å²) in [7, 11) is 0. The van der Waals surface area contributed by atoms with Crippen LogP contribution in [-0.4, -0.2) is 25.7 Å². The van der Waals surface area contributed by atoms with E-state index < -0.39 is 0 Å². The molecule has 0 aliphatic carbocycles. The molecule has 0 amide bonds. The van der Waals surface area contributed by atoms with Gasteiger partial charge in [-0.2, -0.15) is 0 Å². The summed E-state index contributed by atoms with van der Waals surface area (Å²) < 4.78 is 4.93. The van der Waals surface area contributed by atoms with E-state index in [1.54, 1.807) is 0 Å². The Morgan fingerprint density at radius 2 is 2.18 bits per heavy atom. The van der Waals surface area contributed by atoms with Gasteiger partial charge in [0.05, 0.1) is 6.61 Å². The maximum atomic E-state index is 10.6. The van der Waals surface area contributed by atoms with Gasteiger partial charge in [-0.15, -0.1) is 0 Å². The highest BCUT2D eigenvalue weighted by atomic mass is 16.5. The Morgan fingerprint density at radius 1 is 1.41 bits per heavy atom. The SMILES string of the molecule is CCN(CCCOC(C)=O)c1cccc(C)c1. The average Bonchev–Trinajstić information content (AvgIpc) is 2.29. The number of aryl methyl sites for hydroxylation is 1. The molecule has 0 aromatic heterocycles. The number of benzene rings is 1. The third-order valence-corrected chi connectivity index (χ3v) is 2.63. The number of hydrogen-bond acceptors (Lipinski definition) is 3. The van der Waals surface area contributed by atoms with Crippen molar-refractivity contribution in [1.82, 2.24) is 0 Å². The van der Waals surface area contributed by atoms with Crippen molar-refractivity contribution in [2.24, 2.45) is 0 Å². The lowest BCUT2D eigenvalue weighted by Gasteiger charge is -2.23. The number of nitrogens with zero attached hydrogens (tertiary/aromatic N) is 1. The van der Waals surface area contributed by atoms with Gasteiger partial charge in [-0.3, -0.25) is 4.79 Å². The Bertz CT molecular complexity index is 363. The third kappa shape index (κ3) is 4.89. The van der Waals surface area contributed by atoms with Gasteiger partial charge >= 0.3 is 5.97 Å². The monoisotopic (exact) mass is 235 g/mol. The van der Waals surface area contributed by atoms with E-state index in [1.807, 2.05) is 0 Å². The maximum absolute atomic E-state index is 10.6. The Hall–Kier alpha value is -1.51. The summed E-state index contributed by atoms with van der Waals surface area (Å²) in [5, 5.41) is 0. The van der Waals surface area contributed by atoms with E-state index in [0.29, 0.717) is 6.61 Å². The largest absolute Gasteiger partial charge is 0.466 e. The van der Waals surface area contributed by atoms with E-state index in [0.717, 1.165) is 19.5 Å². The summed E-state index contributed by atoms with van der Waals surface area (Å²) >= 11 is 0. The highest BCUT2D eigenvalue weighted by Crippen LogP contribution is 2.15. The van der Waals surface area contributed by atoms with Crippen LogP contribution in [0, 0.1) is 6.92 Å². The fraction of sp³-hybridized carbons (Fsp3) is 0.500. The van der Waals surface area contributed by atoms with Gasteiger partial charge in [-0.1, -0.05) is 12.1 Å². The van der Waals surface area contributed by atoms with Crippen molar-refractivity contribution in [3.8, 4) is 0 Å². The normalized spacial score (nSPS) is 10.1. The highest BCUT2D eigenvalue weighted by molar-refractivity contribution is 5.65. The fourth-order valence-corrected chi connectivity index (χ4v) is 1.77. The van der Waals surface area contributed by atoms with Crippen LogP contribution in [0.4, 0.5) is 5.69 Å². The molecule has 1 rings (SSSR count). The van der Waals surface area contributed by atoms with Crippen LogP contribution < -0.4 is 4.90 Å². The number of hydrogen-bond donors (Lipinski definition) is 0. The number of carbonyl (C=O) groups excluding carboxylic acids is 1. The van der Waals surface area contributed by atoms with Crippen LogP contribution in [-0.2, 0) is 9.53 Å². The standard InChI is InChI=1S/C14H21NO2/c1-4-15(9-6-10-17-13(3)16)14-8-5-7-12(2)11-14/h5,7-8,11H,4,6,9-10H2,1-3H3. The Morgan fingerprint density at radius 3 is 2.76 bits per heavy atom. The zero-order valence-corrected chi connectivity index (χ0v) is 10.9. The summed E-state index contributed by atoms with van der Waals surface area (Å²) in [5.41, 5.74) is 2.50. The van der Waals surface area contributed by atoms with Crippen LogP contribution in [0.25, 0.3) is 0 Å². The number of anilines is 1. The molecule has 0 radical (unpaired) electrons. The number of carbonyl (C=O) groups is 1. The van der Waals surface area contributed by atoms with Crippen LogP contribution in [0.3, 0.4) is 0 Å². The quantitative estimate of drug-likeness (QED) is 0.561. The van der Waals surface area contributed by atoms with Crippen molar-refractivity contribution >= 4 is 11.7 Å². The summed E-state index contributed by atoms with van der Waals surface area (Å²) in [6, 6.07) is 8.45. The van der Waals surface area contributed by atoms with Gasteiger partial charge in [0.15, 0.2) is 0 Å². The summed E-state index contributed by atoms with van der Waals surface area (Å²) in [5.74, 6) is -0.205. The molecule has 0 fully saturated rings. The van der Waals surface area contributed by atoms with E-state index in [9.17, 15) is 4.79 Å². The molecular weight excluding hydrogens is 214 g/mol. The molecule has 0 bridgehead atoms. The van der Waals surface area contributed by atoms with Crippen molar-refractivity contribution in [3.63, 3.8) is 0 Å². The predicted molar refractivity (Wildman–Crippen MR) is 70.3 cm³/mol. The Balaban J connectivity index is 2.45. The molecular formula is C14H21NO2. The average molecular weight is 235 g/mol. The van der Waals surface area contributed by atoms with Gasteiger partial charge in [0.25, 0.3) is 0 Å². The van der Waals surface area contributed by atoms with E-state index in [-0.39, 0.29) is 5.97 Å². The zero-order valence-electron chi connectivity index (χ0n) is 10.9. The van der Waals surface area contributed by atoms with Crippen molar-refractivity contribution in [1.29, 1.82) is 0 Å². The maximum Gasteiger partial charge on any atom is 0.302 e. The van der Waals surface area contributed by atoms with Gasteiger partial charge < -0.3 is 9.64 Å².